The molecular formula is C19H18F4N2O5. The Morgan fingerprint density at radius 3 is 2.40 bits per heavy atom. The van der Waals surface area contributed by atoms with Crippen LogP contribution in [0.4, 0.5) is 17.6 Å². The minimum atomic E-state index is -4.67. The van der Waals surface area contributed by atoms with Gasteiger partial charge in [0, 0.05) is 11.6 Å². The quantitative estimate of drug-likeness (QED) is 0.626. The zero-order valence-corrected chi connectivity index (χ0v) is 15.7. The fourth-order valence-electron chi connectivity index (χ4n) is 2.97. The van der Waals surface area contributed by atoms with E-state index in [2.05, 4.69) is 5.32 Å². The minimum absolute atomic E-state index is 0.000183. The number of carbonyl (C=O) groups excluding carboxylic acids is 2. The second-order valence-corrected chi connectivity index (χ2v) is 6.51. The standard InChI is InChI=1S/C19H18F4N2O5/c1-2-14(17(29)24-13(8-16(27)28)15(26)9-20)25-6-5-10-3-4-11(19(21,22)23)7-12(10)18(25)30/h3-7,13-14H,2,8-9H2,1H3,(H,24,29)(H,27,28). The molecule has 0 aliphatic heterocycles. The van der Waals surface area contributed by atoms with Crippen LogP contribution in [0.25, 0.3) is 10.8 Å². The van der Waals surface area contributed by atoms with Gasteiger partial charge in [0.05, 0.1) is 12.0 Å². The van der Waals surface area contributed by atoms with Gasteiger partial charge in [0.2, 0.25) is 5.91 Å². The Morgan fingerprint density at radius 1 is 1.20 bits per heavy atom. The Hall–Kier alpha value is -3.24. The maximum Gasteiger partial charge on any atom is 0.416 e. The number of aliphatic carboxylic acids is 1. The zero-order chi connectivity index (χ0) is 22.6. The van der Waals surface area contributed by atoms with E-state index >= 15 is 0 Å². The third-order valence-corrected chi connectivity index (χ3v) is 4.50. The van der Waals surface area contributed by atoms with Crippen LogP contribution in [0.3, 0.4) is 0 Å². The lowest BCUT2D eigenvalue weighted by molar-refractivity contribution is -0.140. The molecule has 0 bridgehead atoms. The van der Waals surface area contributed by atoms with Crippen molar-refractivity contribution < 1.29 is 37.1 Å². The summed E-state index contributed by atoms with van der Waals surface area (Å²) < 4.78 is 52.5. The molecule has 0 radical (unpaired) electrons. The molecule has 1 heterocycles. The first-order valence-electron chi connectivity index (χ1n) is 8.82. The van der Waals surface area contributed by atoms with Crippen molar-refractivity contribution >= 4 is 28.4 Å². The molecule has 1 aromatic heterocycles. The van der Waals surface area contributed by atoms with Crippen molar-refractivity contribution in [2.24, 2.45) is 0 Å². The number of carboxylic acids is 1. The maximum absolute atomic E-state index is 13.0. The van der Waals surface area contributed by atoms with Crippen LogP contribution in [-0.2, 0) is 20.6 Å². The molecule has 1 amide bonds. The van der Waals surface area contributed by atoms with Crippen molar-refractivity contribution in [1.29, 1.82) is 0 Å². The Bertz CT molecular complexity index is 1030. The molecule has 1 aromatic carbocycles. The summed E-state index contributed by atoms with van der Waals surface area (Å²) in [5.41, 5.74) is -1.90. The van der Waals surface area contributed by atoms with E-state index in [1.54, 1.807) is 0 Å². The first-order chi connectivity index (χ1) is 14.0. The summed E-state index contributed by atoms with van der Waals surface area (Å²) >= 11 is 0. The molecule has 2 aromatic rings. The zero-order valence-electron chi connectivity index (χ0n) is 15.7. The molecule has 2 unspecified atom stereocenters. The van der Waals surface area contributed by atoms with E-state index in [-0.39, 0.29) is 17.2 Å². The van der Waals surface area contributed by atoms with Crippen LogP contribution in [0.15, 0.2) is 35.3 Å². The highest BCUT2D eigenvalue weighted by Crippen LogP contribution is 2.30. The third kappa shape index (κ3) is 5.02. The predicted molar refractivity (Wildman–Crippen MR) is 97.7 cm³/mol. The molecule has 2 atom stereocenters. The number of pyridine rings is 1. The van der Waals surface area contributed by atoms with Crippen molar-refractivity contribution in [3.8, 4) is 0 Å². The molecule has 0 saturated heterocycles. The fraction of sp³-hybridized carbons (Fsp3) is 0.368. The van der Waals surface area contributed by atoms with E-state index in [1.807, 2.05) is 0 Å². The van der Waals surface area contributed by atoms with Gasteiger partial charge in [-0.2, -0.15) is 13.2 Å². The minimum Gasteiger partial charge on any atom is -0.481 e. The van der Waals surface area contributed by atoms with Gasteiger partial charge in [0.25, 0.3) is 5.56 Å². The monoisotopic (exact) mass is 430 g/mol. The second kappa shape index (κ2) is 9.06. The van der Waals surface area contributed by atoms with Gasteiger partial charge in [-0.1, -0.05) is 13.0 Å². The van der Waals surface area contributed by atoms with Crippen molar-refractivity contribution in [2.45, 2.75) is 38.0 Å². The topological polar surface area (TPSA) is 105 Å². The molecule has 2 rings (SSSR count). The number of hydrogen-bond acceptors (Lipinski definition) is 4. The highest BCUT2D eigenvalue weighted by atomic mass is 19.4. The number of alkyl halides is 4. The first-order valence-corrected chi connectivity index (χ1v) is 8.82. The van der Waals surface area contributed by atoms with Crippen LogP contribution in [0.5, 0.6) is 0 Å². The highest BCUT2D eigenvalue weighted by molar-refractivity contribution is 5.93. The molecule has 2 N–H and O–H groups in total. The van der Waals surface area contributed by atoms with E-state index < -0.39 is 60.1 Å². The second-order valence-electron chi connectivity index (χ2n) is 6.51. The summed E-state index contributed by atoms with van der Waals surface area (Å²) in [5.74, 6) is -3.53. The number of rotatable bonds is 8. The summed E-state index contributed by atoms with van der Waals surface area (Å²) in [7, 11) is 0. The Kier molecular flexibility index (Phi) is 6.96. The molecule has 0 aliphatic carbocycles. The maximum atomic E-state index is 13.0. The largest absolute Gasteiger partial charge is 0.481 e. The Labute approximate surface area is 167 Å². The van der Waals surface area contributed by atoms with Crippen molar-refractivity contribution in [3.05, 3.63) is 46.4 Å². The van der Waals surface area contributed by atoms with Crippen LogP contribution in [0.1, 0.15) is 31.4 Å². The SMILES string of the molecule is CCC(C(=O)NC(CC(=O)O)C(=O)CF)n1ccc2ccc(C(F)(F)F)cc2c1=O. The lowest BCUT2D eigenvalue weighted by atomic mass is 10.1. The van der Waals surface area contributed by atoms with E-state index in [1.165, 1.54) is 19.2 Å². The number of nitrogens with one attached hydrogen (secondary N) is 1. The van der Waals surface area contributed by atoms with E-state index in [4.69, 9.17) is 5.11 Å². The number of aromatic nitrogens is 1. The van der Waals surface area contributed by atoms with E-state index in [0.29, 0.717) is 6.07 Å². The number of benzene rings is 1. The van der Waals surface area contributed by atoms with Crippen molar-refractivity contribution in [3.63, 3.8) is 0 Å². The number of carboxylic acid groups (broad SMARTS) is 1. The van der Waals surface area contributed by atoms with Gasteiger partial charge in [-0.15, -0.1) is 0 Å². The number of amides is 1. The lowest BCUT2D eigenvalue weighted by Crippen LogP contribution is -2.47. The van der Waals surface area contributed by atoms with Gasteiger partial charge in [-0.05, 0) is 30.0 Å². The summed E-state index contributed by atoms with van der Waals surface area (Å²) in [6, 6.07) is 1.11. The van der Waals surface area contributed by atoms with Crippen LogP contribution >= 0.6 is 0 Å². The van der Waals surface area contributed by atoms with Crippen molar-refractivity contribution in [2.75, 3.05) is 6.67 Å². The number of halogens is 4. The molecule has 30 heavy (non-hydrogen) atoms. The average Bonchev–Trinajstić information content (AvgIpc) is 2.67. The number of nitrogens with zero attached hydrogens (tertiary/aromatic N) is 1. The summed E-state index contributed by atoms with van der Waals surface area (Å²) in [6.45, 7) is 0.0152. The molecule has 0 fully saturated rings. The van der Waals surface area contributed by atoms with Crippen LogP contribution in [0, 0.1) is 0 Å². The van der Waals surface area contributed by atoms with Gasteiger partial charge in [0.1, 0.15) is 18.8 Å². The summed E-state index contributed by atoms with van der Waals surface area (Å²) in [4.78, 5) is 47.8. The summed E-state index contributed by atoms with van der Waals surface area (Å²) in [5, 5.41) is 10.9. The fourth-order valence-corrected chi connectivity index (χ4v) is 2.97. The molecule has 7 nitrogen and oxygen atoms in total. The van der Waals surface area contributed by atoms with Gasteiger partial charge in [-0.25, -0.2) is 4.39 Å². The molecule has 0 saturated carbocycles. The number of fused-ring (bicyclic) bond motifs is 1. The lowest BCUT2D eigenvalue weighted by Gasteiger charge is -2.22. The first kappa shape index (κ1) is 23.0. The van der Waals surface area contributed by atoms with Gasteiger partial charge in [0.15, 0.2) is 5.78 Å². The predicted octanol–water partition coefficient (Wildman–Crippen LogP) is 2.47. The van der Waals surface area contributed by atoms with Crippen molar-refractivity contribution in [1.82, 2.24) is 9.88 Å². The van der Waals surface area contributed by atoms with E-state index in [0.717, 1.165) is 16.7 Å². The van der Waals surface area contributed by atoms with Crippen LogP contribution in [-0.4, -0.2) is 40.0 Å². The van der Waals surface area contributed by atoms with Crippen LogP contribution in [0.2, 0.25) is 0 Å². The molecule has 162 valence electrons. The van der Waals surface area contributed by atoms with Gasteiger partial charge in [-0.3, -0.25) is 19.2 Å². The molecule has 0 spiro atoms. The van der Waals surface area contributed by atoms with Gasteiger partial charge < -0.3 is 15.0 Å². The number of Topliss-reactive ketones (excluding diaryl/α,β-unsaturated/α-hetero) is 1. The van der Waals surface area contributed by atoms with Gasteiger partial charge >= 0.3 is 12.1 Å². The number of carbonyl (C=O) groups is 3. The average molecular weight is 430 g/mol. The molecule has 0 aliphatic rings. The Balaban J connectivity index is 2.45. The normalized spacial score (nSPS) is 13.6. The number of hydrogen-bond donors (Lipinski definition) is 2. The third-order valence-electron chi connectivity index (χ3n) is 4.50. The molecule has 11 heteroatoms. The van der Waals surface area contributed by atoms with E-state index in [9.17, 15) is 36.7 Å². The summed E-state index contributed by atoms with van der Waals surface area (Å²) in [6.07, 6.45) is -4.30. The molecular weight excluding hydrogens is 412 g/mol. The van der Waals surface area contributed by atoms with Crippen LogP contribution < -0.4 is 10.9 Å². The highest BCUT2D eigenvalue weighted by Gasteiger charge is 2.31. The number of ketones is 1. The Morgan fingerprint density at radius 2 is 1.87 bits per heavy atom. The smallest absolute Gasteiger partial charge is 0.416 e.